The number of para-hydroxylation sites is 1. The fourth-order valence-electron chi connectivity index (χ4n) is 1.50. The molecule has 2 rings (SSSR count). The molecule has 0 aliphatic heterocycles. The monoisotopic (exact) mass is 363 g/mol. The number of benzene rings is 1. The van der Waals surface area contributed by atoms with Gasteiger partial charge in [-0.1, -0.05) is 22.0 Å². The summed E-state index contributed by atoms with van der Waals surface area (Å²) >= 11 is 6.73. The van der Waals surface area contributed by atoms with Crippen LogP contribution >= 0.6 is 31.9 Å². The average molecular weight is 365 g/mol. The van der Waals surface area contributed by atoms with Gasteiger partial charge in [-0.25, -0.2) is 0 Å². The maximum atomic E-state index is 10.9. The first-order chi connectivity index (χ1) is 8.08. The van der Waals surface area contributed by atoms with Crippen LogP contribution in [0.1, 0.15) is 12.8 Å². The molecule has 17 heavy (non-hydrogen) atoms. The summed E-state index contributed by atoms with van der Waals surface area (Å²) in [6.07, 6.45) is 2.22. The van der Waals surface area contributed by atoms with E-state index in [4.69, 9.17) is 4.74 Å². The normalized spacial score (nSPS) is 16.6. The van der Waals surface area contributed by atoms with E-state index in [-0.39, 0.29) is 11.1 Å². The molecule has 1 aromatic rings. The molecule has 1 aromatic carbocycles. The van der Waals surface area contributed by atoms with Crippen molar-refractivity contribution in [2.75, 3.05) is 11.9 Å². The van der Waals surface area contributed by atoms with Gasteiger partial charge in [-0.3, -0.25) is 10.1 Å². The number of halogens is 2. The molecule has 0 saturated heterocycles. The van der Waals surface area contributed by atoms with E-state index in [2.05, 4.69) is 31.9 Å². The molecule has 0 heterocycles. The van der Waals surface area contributed by atoms with Crippen LogP contribution in [0.25, 0.3) is 0 Å². The van der Waals surface area contributed by atoms with Crippen molar-refractivity contribution in [2.24, 2.45) is 5.41 Å². The zero-order valence-corrected chi connectivity index (χ0v) is 12.2. The van der Waals surface area contributed by atoms with Crippen LogP contribution in [-0.4, -0.2) is 16.9 Å². The molecule has 0 N–H and O–H groups in total. The summed E-state index contributed by atoms with van der Waals surface area (Å²) in [5, 5.41) is 11.8. The summed E-state index contributed by atoms with van der Waals surface area (Å²) in [5.41, 5.74) is 0.174. The molecule has 1 aliphatic carbocycles. The Kier molecular flexibility index (Phi) is 3.73. The van der Waals surface area contributed by atoms with E-state index in [0.717, 1.165) is 18.2 Å². The van der Waals surface area contributed by atoms with Gasteiger partial charge in [-0.2, -0.15) is 0 Å². The molecule has 6 heteroatoms. The van der Waals surface area contributed by atoms with Crippen LogP contribution < -0.4 is 4.74 Å². The van der Waals surface area contributed by atoms with Gasteiger partial charge in [-0.05, 0) is 34.8 Å². The van der Waals surface area contributed by atoms with Crippen LogP contribution in [0.5, 0.6) is 5.75 Å². The Bertz CT molecular complexity index is 446. The van der Waals surface area contributed by atoms with Gasteiger partial charge in [0.05, 0.1) is 16.0 Å². The Hall–Kier alpha value is -0.620. The highest BCUT2D eigenvalue weighted by Crippen LogP contribution is 2.48. The minimum atomic E-state index is -0.423. The summed E-state index contributed by atoms with van der Waals surface area (Å²) < 4.78 is 6.25. The van der Waals surface area contributed by atoms with Crippen molar-refractivity contribution in [3.8, 4) is 5.75 Å². The number of nitro benzene ring substituents is 1. The molecule has 0 radical (unpaired) electrons. The second kappa shape index (κ2) is 4.94. The van der Waals surface area contributed by atoms with Crippen molar-refractivity contribution in [1.29, 1.82) is 0 Å². The lowest BCUT2D eigenvalue weighted by molar-refractivity contribution is -0.386. The van der Waals surface area contributed by atoms with Gasteiger partial charge in [0.1, 0.15) is 0 Å². The summed E-state index contributed by atoms with van der Waals surface area (Å²) in [6.45, 7) is 0.516. The molecule has 4 nitrogen and oxygen atoms in total. The van der Waals surface area contributed by atoms with E-state index in [1.165, 1.54) is 6.07 Å². The minimum absolute atomic E-state index is 0.00440. The van der Waals surface area contributed by atoms with Crippen LogP contribution in [0.3, 0.4) is 0 Å². The fraction of sp³-hybridized carbons (Fsp3) is 0.455. The maximum Gasteiger partial charge on any atom is 0.312 e. The summed E-state index contributed by atoms with van der Waals surface area (Å²) in [7, 11) is 0. The largest absolute Gasteiger partial charge is 0.485 e. The smallest absolute Gasteiger partial charge is 0.312 e. The predicted molar refractivity (Wildman–Crippen MR) is 71.8 cm³/mol. The minimum Gasteiger partial charge on any atom is -0.485 e. The van der Waals surface area contributed by atoms with Gasteiger partial charge in [0.2, 0.25) is 5.75 Å². The number of hydrogen-bond donors (Lipinski definition) is 0. The summed E-state index contributed by atoms with van der Waals surface area (Å²) in [4.78, 5) is 10.5. The number of ether oxygens (including phenoxy) is 1. The lowest BCUT2D eigenvalue weighted by atomic mass is 10.2. The zero-order valence-electron chi connectivity index (χ0n) is 8.99. The Morgan fingerprint density at radius 1 is 1.47 bits per heavy atom. The van der Waals surface area contributed by atoms with Crippen LogP contribution in [0.15, 0.2) is 22.7 Å². The molecular weight excluding hydrogens is 354 g/mol. The quantitative estimate of drug-likeness (QED) is 0.452. The van der Waals surface area contributed by atoms with E-state index in [9.17, 15) is 10.1 Å². The fourth-order valence-corrected chi connectivity index (χ4v) is 2.70. The number of hydrogen-bond acceptors (Lipinski definition) is 3. The number of nitrogens with zero attached hydrogens (tertiary/aromatic N) is 1. The lowest BCUT2D eigenvalue weighted by Gasteiger charge is -2.14. The molecule has 0 atom stereocenters. The van der Waals surface area contributed by atoms with Gasteiger partial charge < -0.3 is 4.74 Å². The second-order valence-corrected chi connectivity index (χ2v) is 5.68. The van der Waals surface area contributed by atoms with Crippen molar-refractivity contribution >= 4 is 37.5 Å². The van der Waals surface area contributed by atoms with Crippen molar-refractivity contribution < 1.29 is 9.66 Å². The van der Waals surface area contributed by atoms with Gasteiger partial charge in [0.25, 0.3) is 0 Å². The van der Waals surface area contributed by atoms with Gasteiger partial charge in [0.15, 0.2) is 0 Å². The van der Waals surface area contributed by atoms with Crippen molar-refractivity contribution in [3.05, 3.63) is 32.8 Å². The number of rotatable bonds is 5. The molecule has 1 saturated carbocycles. The second-order valence-electron chi connectivity index (χ2n) is 4.27. The van der Waals surface area contributed by atoms with Crippen LogP contribution in [-0.2, 0) is 0 Å². The molecule has 0 spiro atoms. The summed E-state index contributed by atoms with van der Waals surface area (Å²) in [5.74, 6) is 0.324. The molecule has 0 bridgehead atoms. The Balaban J connectivity index is 2.17. The highest BCUT2D eigenvalue weighted by atomic mass is 79.9. The van der Waals surface area contributed by atoms with E-state index < -0.39 is 4.92 Å². The standard InChI is InChI=1S/C11H11Br2NO3/c12-6-11(4-5-11)7-17-10-8(13)2-1-3-9(10)14(15)16/h1-3H,4-7H2. The third-order valence-corrected chi connectivity index (χ3v) is 4.72. The Morgan fingerprint density at radius 3 is 2.71 bits per heavy atom. The third kappa shape index (κ3) is 2.80. The van der Waals surface area contributed by atoms with Crippen LogP contribution in [0, 0.1) is 15.5 Å². The highest BCUT2D eigenvalue weighted by Gasteiger charge is 2.42. The first kappa shape index (κ1) is 12.8. The number of alkyl halides is 1. The molecule has 0 unspecified atom stereocenters. The Morgan fingerprint density at radius 2 is 2.18 bits per heavy atom. The number of nitro groups is 1. The van der Waals surface area contributed by atoms with E-state index in [0.29, 0.717) is 16.8 Å². The van der Waals surface area contributed by atoms with E-state index in [1.807, 2.05) is 0 Å². The SMILES string of the molecule is O=[N+]([O-])c1cccc(Br)c1OCC1(CBr)CC1. The van der Waals surface area contributed by atoms with Crippen molar-refractivity contribution in [2.45, 2.75) is 12.8 Å². The first-order valence-corrected chi connectivity index (χ1v) is 7.11. The zero-order chi connectivity index (χ0) is 12.5. The molecular formula is C11H11Br2NO3. The van der Waals surface area contributed by atoms with Crippen molar-refractivity contribution in [1.82, 2.24) is 0 Å². The van der Waals surface area contributed by atoms with Gasteiger partial charge in [0, 0.05) is 16.8 Å². The topological polar surface area (TPSA) is 52.4 Å². The van der Waals surface area contributed by atoms with Crippen LogP contribution in [0.2, 0.25) is 0 Å². The lowest BCUT2D eigenvalue weighted by Crippen LogP contribution is -2.15. The maximum absolute atomic E-state index is 10.9. The molecule has 0 aromatic heterocycles. The van der Waals surface area contributed by atoms with Crippen LogP contribution in [0.4, 0.5) is 5.69 Å². The average Bonchev–Trinajstić information content (AvgIpc) is 3.08. The van der Waals surface area contributed by atoms with Gasteiger partial charge >= 0.3 is 5.69 Å². The predicted octanol–water partition coefficient (Wildman–Crippen LogP) is 3.91. The van der Waals surface area contributed by atoms with Crippen molar-refractivity contribution in [3.63, 3.8) is 0 Å². The van der Waals surface area contributed by atoms with E-state index >= 15 is 0 Å². The molecule has 0 amide bonds. The first-order valence-electron chi connectivity index (χ1n) is 5.20. The molecule has 92 valence electrons. The van der Waals surface area contributed by atoms with E-state index in [1.54, 1.807) is 12.1 Å². The summed E-state index contributed by atoms with van der Waals surface area (Å²) in [6, 6.07) is 4.83. The van der Waals surface area contributed by atoms with Gasteiger partial charge in [-0.15, -0.1) is 0 Å². The third-order valence-electron chi connectivity index (χ3n) is 2.91. The Labute approximate surface area is 116 Å². The molecule has 1 fully saturated rings. The molecule has 1 aliphatic rings. The highest BCUT2D eigenvalue weighted by molar-refractivity contribution is 9.10.